The van der Waals surface area contributed by atoms with Gasteiger partial charge in [-0.25, -0.2) is 0 Å². The van der Waals surface area contributed by atoms with E-state index in [-0.39, 0.29) is 18.2 Å². The van der Waals surface area contributed by atoms with Crippen LogP contribution in [-0.4, -0.2) is 35.7 Å². The molecule has 0 bridgehead atoms. The molecule has 3 aliphatic rings. The third kappa shape index (κ3) is 3.14. The molecule has 0 radical (unpaired) electrons. The molecular formula is C25H27NO4. The fourth-order valence-electron chi connectivity index (χ4n) is 4.85. The minimum absolute atomic E-state index is 0.0307. The second kappa shape index (κ2) is 7.73. The minimum Gasteiger partial charge on any atom is -0.481 e. The number of carbonyl (C=O) groups is 2. The van der Waals surface area contributed by atoms with Gasteiger partial charge in [-0.3, -0.25) is 9.59 Å². The van der Waals surface area contributed by atoms with Crippen molar-refractivity contribution in [2.75, 3.05) is 18.1 Å². The average molecular weight is 405 g/mol. The first-order chi connectivity index (χ1) is 14.4. The number of carboxylic acid groups (broad SMARTS) is 1. The SMILES string of the molecule is CCOC1(C(C)C)C2=CC=CCC2=CC2=C1C(=O)N(c1ccc(CC(=O)O)cc1)C2. The standard InChI is InChI=1S/C25H27NO4/c1-4-30-25(16(2)3)21-8-6-5-7-18(21)14-19-15-26(24(29)23(19)25)20-11-9-17(10-12-20)13-22(27)28/h5-6,8-12,14,16H,4,7,13,15H2,1-3H3,(H,27,28). The Labute approximate surface area is 177 Å². The molecule has 0 fully saturated rings. The Morgan fingerprint density at radius 2 is 2.00 bits per heavy atom. The maximum absolute atomic E-state index is 13.7. The Morgan fingerprint density at radius 3 is 2.63 bits per heavy atom. The van der Waals surface area contributed by atoms with E-state index in [0.717, 1.165) is 28.8 Å². The zero-order chi connectivity index (χ0) is 21.5. The number of amides is 1. The van der Waals surface area contributed by atoms with Crippen LogP contribution in [0.2, 0.25) is 0 Å². The maximum Gasteiger partial charge on any atom is 0.307 e. The molecule has 1 amide bonds. The van der Waals surface area contributed by atoms with Crippen LogP contribution >= 0.6 is 0 Å². The number of rotatable bonds is 6. The summed E-state index contributed by atoms with van der Waals surface area (Å²) in [6.07, 6.45) is 9.23. The number of hydrogen-bond acceptors (Lipinski definition) is 3. The predicted molar refractivity (Wildman–Crippen MR) is 116 cm³/mol. The zero-order valence-corrected chi connectivity index (χ0v) is 17.6. The number of allylic oxidation sites excluding steroid dienone is 3. The largest absolute Gasteiger partial charge is 0.481 e. The molecule has 0 aromatic heterocycles. The van der Waals surface area contributed by atoms with E-state index >= 15 is 0 Å². The van der Waals surface area contributed by atoms with Gasteiger partial charge in [-0.15, -0.1) is 0 Å². The van der Waals surface area contributed by atoms with Gasteiger partial charge in [0.15, 0.2) is 0 Å². The summed E-state index contributed by atoms with van der Waals surface area (Å²) in [5, 5.41) is 8.99. The van der Waals surface area contributed by atoms with Gasteiger partial charge in [-0.05, 0) is 53.7 Å². The van der Waals surface area contributed by atoms with Gasteiger partial charge in [0.1, 0.15) is 5.60 Å². The van der Waals surface area contributed by atoms with E-state index in [9.17, 15) is 9.59 Å². The molecule has 1 aromatic carbocycles. The molecule has 1 aromatic rings. The molecule has 0 saturated carbocycles. The molecular weight excluding hydrogens is 378 g/mol. The maximum atomic E-state index is 13.7. The molecule has 5 nitrogen and oxygen atoms in total. The van der Waals surface area contributed by atoms with Gasteiger partial charge >= 0.3 is 5.97 Å². The van der Waals surface area contributed by atoms with Gasteiger partial charge in [0.2, 0.25) is 0 Å². The molecule has 30 heavy (non-hydrogen) atoms. The highest BCUT2D eigenvalue weighted by Crippen LogP contribution is 2.50. The molecule has 5 heteroatoms. The van der Waals surface area contributed by atoms with E-state index in [4.69, 9.17) is 9.84 Å². The molecule has 1 heterocycles. The van der Waals surface area contributed by atoms with Crippen molar-refractivity contribution >= 4 is 17.6 Å². The lowest BCUT2D eigenvalue weighted by molar-refractivity contribution is -0.136. The van der Waals surface area contributed by atoms with E-state index in [1.54, 1.807) is 17.0 Å². The normalized spacial score (nSPS) is 22.8. The van der Waals surface area contributed by atoms with Crippen LogP contribution < -0.4 is 4.90 Å². The molecule has 0 saturated heterocycles. The highest BCUT2D eigenvalue weighted by molar-refractivity contribution is 6.12. The van der Waals surface area contributed by atoms with Crippen LogP contribution in [0.4, 0.5) is 5.69 Å². The second-order valence-electron chi connectivity index (χ2n) is 8.23. The summed E-state index contributed by atoms with van der Waals surface area (Å²) in [5.41, 5.74) is 4.78. The van der Waals surface area contributed by atoms with Crippen LogP contribution in [0.1, 0.15) is 32.8 Å². The molecule has 156 valence electrons. The van der Waals surface area contributed by atoms with Crippen molar-refractivity contribution in [3.8, 4) is 0 Å². The van der Waals surface area contributed by atoms with Crippen LogP contribution in [0, 0.1) is 5.92 Å². The number of ether oxygens (including phenoxy) is 1. The third-order valence-electron chi connectivity index (χ3n) is 6.10. The van der Waals surface area contributed by atoms with Crippen molar-refractivity contribution in [1.29, 1.82) is 0 Å². The van der Waals surface area contributed by atoms with E-state index in [1.807, 2.05) is 25.1 Å². The monoisotopic (exact) mass is 405 g/mol. The Balaban J connectivity index is 1.75. The first-order valence-corrected chi connectivity index (χ1v) is 10.5. The van der Waals surface area contributed by atoms with Crippen molar-refractivity contribution in [1.82, 2.24) is 0 Å². The van der Waals surface area contributed by atoms with Gasteiger partial charge in [0.05, 0.1) is 18.5 Å². The molecule has 1 N–H and O–H groups in total. The summed E-state index contributed by atoms with van der Waals surface area (Å²) in [5.74, 6) is -0.818. The van der Waals surface area contributed by atoms with E-state index in [0.29, 0.717) is 18.7 Å². The van der Waals surface area contributed by atoms with E-state index in [2.05, 4.69) is 32.1 Å². The van der Waals surface area contributed by atoms with Gasteiger partial charge in [-0.1, -0.05) is 50.3 Å². The van der Waals surface area contributed by atoms with Crippen molar-refractivity contribution in [3.63, 3.8) is 0 Å². The van der Waals surface area contributed by atoms with Gasteiger partial charge < -0.3 is 14.7 Å². The fourth-order valence-corrected chi connectivity index (χ4v) is 4.85. The van der Waals surface area contributed by atoms with E-state index < -0.39 is 11.6 Å². The number of benzene rings is 1. The Hall–Kier alpha value is -2.92. The molecule has 1 atom stereocenters. The first kappa shape index (κ1) is 20.4. The molecule has 1 unspecified atom stereocenters. The summed E-state index contributed by atoms with van der Waals surface area (Å²) < 4.78 is 6.42. The number of anilines is 1. The molecule has 2 aliphatic carbocycles. The summed E-state index contributed by atoms with van der Waals surface area (Å²) in [4.78, 5) is 26.4. The third-order valence-corrected chi connectivity index (χ3v) is 6.10. The first-order valence-electron chi connectivity index (χ1n) is 10.5. The van der Waals surface area contributed by atoms with Crippen molar-refractivity contribution in [2.24, 2.45) is 5.92 Å². The lowest BCUT2D eigenvalue weighted by Crippen LogP contribution is -2.48. The second-order valence-corrected chi connectivity index (χ2v) is 8.23. The number of fused-ring (bicyclic) bond motifs is 1. The summed E-state index contributed by atoms with van der Waals surface area (Å²) >= 11 is 0. The average Bonchev–Trinajstić information content (AvgIpc) is 3.04. The van der Waals surface area contributed by atoms with Crippen LogP contribution in [-0.2, 0) is 20.7 Å². The fraction of sp³-hybridized carbons (Fsp3) is 0.360. The summed E-state index contributed by atoms with van der Waals surface area (Å²) in [6, 6.07) is 7.20. The number of aliphatic carboxylic acids is 1. The zero-order valence-electron chi connectivity index (χ0n) is 17.6. The predicted octanol–water partition coefficient (Wildman–Crippen LogP) is 4.21. The van der Waals surface area contributed by atoms with Crippen molar-refractivity contribution in [2.45, 2.75) is 39.2 Å². The summed E-state index contributed by atoms with van der Waals surface area (Å²) in [6.45, 7) is 7.20. The Bertz CT molecular complexity index is 1010. The quantitative estimate of drug-likeness (QED) is 0.770. The lowest BCUT2D eigenvalue weighted by Gasteiger charge is -2.44. The van der Waals surface area contributed by atoms with Crippen LogP contribution in [0.5, 0.6) is 0 Å². The summed E-state index contributed by atoms with van der Waals surface area (Å²) in [7, 11) is 0. The number of nitrogens with zero attached hydrogens (tertiary/aromatic N) is 1. The Kier molecular flexibility index (Phi) is 5.24. The number of carboxylic acids is 1. The van der Waals surface area contributed by atoms with Gasteiger partial charge in [-0.2, -0.15) is 0 Å². The van der Waals surface area contributed by atoms with Crippen molar-refractivity contribution < 1.29 is 19.4 Å². The highest BCUT2D eigenvalue weighted by Gasteiger charge is 2.53. The number of hydrogen-bond donors (Lipinski definition) is 1. The smallest absolute Gasteiger partial charge is 0.307 e. The minimum atomic E-state index is -0.869. The molecule has 4 rings (SSSR count). The van der Waals surface area contributed by atoms with Crippen LogP contribution in [0.15, 0.2) is 70.9 Å². The Morgan fingerprint density at radius 1 is 1.27 bits per heavy atom. The highest BCUT2D eigenvalue weighted by atomic mass is 16.5. The lowest BCUT2D eigenvalue weighted by atomic mass is 9.68. The topological polar surface area (TPSA) is 66.8 Å². The van der Waals surface area contributed by atoms with E-state index in [1.165, 1.54) is 5.57 Å². The number of carbonyl (C=O) groups excluding carboxylic acids is 1. The van der Waals surface area contributed by atoms with Gasteiger partial charge in [0, 0.05) is 12.3 Å². The molecule has 0 spiro atoms. The van der Waals surface area contributed by atoms with Crippen LogP contribution in [0.3, 0.4) is 0 Å². The van der Waals surface area contributed by atoms with Crippen LogP contribution in [0.25, 0.3) is 0 Å². The van der Waals surface area contributed by atoms with Crippen molar-refractivity contribution in [3.05, 3.63) is 76.4 Å². The van der Waals surface area contributed by atoms with Gasteiger partial charge in [0.25, 0.3) is 5.91 Å². The molecule has 1 aliphatic heterocycles.